The Morgan fingerprint density at radius 1 is 1.05 bits per heavy atom. The highest BCUT2D eigenvalue weighted by molar-refractivity contribution is 5.98. The third-order valence-electron chi connectivity index (χ3n) is 2.75. The summed E-state index contributed by atoms with van der Waals surface area (Å²) in [4.78, 5) is 12.2. The van der Waals surface area contributed by atoms with Crippen LogP contribution in [0.4, 0.5) is 33.7 Å². The molecule has 110 valence electrons. The molecule has 0 unspecified atom stereocenters. The van der Waals surface area contributed by atoms with Crippen molar-refractivity contribution < 1.29 is 22.4 Å². The quantitative estimate of drug-likeness (QED) is 0.835. The van der Waals surface area contributed by atoms with E-state index < -0.39 is 29.3 Å². The zero-order valence-corrected chi connectivity index (χ0v) is 10.6. The number of halogens is 4. The second kappa shape index (κ2) is 5.43. The molecule has 0 bridgehead atoms. The summed E-state index contributed by atoms with van der Waals surface area (Å²) in [5, 5.41) is 0. The van der Waals surface area contributed by atoms with Crippen molar-refractivity contribution in [3.8, 4) is 0 Å². The van der Waals surface area contributed by atoms with Gasteiger partial charge in [-0.05, 0) is 30.3 Å². The van der Waals surface area contributed by atoms with Gasteiger partial charge in [0.25, 0.3) is 0 Å². The lowest BCUT2D eigenvalue weighted by Gasteiger charge is -2.22. The highest BCUT2D eigenvalue weighted by atomic mass is 19.4. The fraction of sp³-hybridized carbons (Fsp3) is 0.0714. The summed E-state index contributed by atoms with van der Waals surface area (Å²) in [5.41, 5.74) is 3.72. The van der Waals surface area contributed by atoms with Gasteiger partial charge in [-0.3, -0.25) is 4.90 Å². The molecule has 21 heavy (non-hydrogen) atoms. The van der Waals surface area contributed by atoms with E-state index in [0.717, 1.165) is 0 Å². The fourth-order valence-electron chi connectivity index (χ4n) is 1.82. The fourth-order valence-corrected chi connectivity index (χ4v) is 1.82. The number of nitrogens with two attached hydrogens (primary N) is 1. The van der Waals surface area contributed by atoms with Gasteiger partial charge in [-0.15, -0.1) is 0 Å². The van der Waals surface area contributed by atoms with E-state index in [0.29, 0.717) is 23.1 Å². The number of rotatable bonds is 2. The maximum Gasteiger partial charge on any atom is 0.416 e. The Morgan fingerprint density at radius 3 is 2.19 bits per heavy atom. The van der Waals surface area contributed by atoms with E-state index in [1.165, 1.54) is 12.1 Å². The van der Waals surface area contributed by atoms with Gasteiger partial charge in [0.1, 0.15) is 5.82 Å². The molecule has 0 heterocycles. The first-order valence-corrected chi connectivity index (χ1v) is 5.82. The Balaban J connectivity index is 2.59. The molecule has 0 aliphatic rings. The normalized spacial score (nSPS) is 11.2. The number of primary amides is 1. The lowest BCUT2D eigenvalue weighted by atomic mass is 10.1. The second-order valence-electron chi connectivity index (χ2n) is 4.17. The van der Waals surface area contributed by atoms with Crippen molar-refractivity contribution in [2.24, 2.45) is 5.73 Å². The minimum atomic E-state index is -4.65. The molecule has 2 aromatic carbocycles. The molecule has 0 aromatic heterocycles. The molecule has 0 saturated carbocycles. The van der Waals surface area contributed by atoms with E-state index in [9.17, 15) is 22.4 Å². The molecule has 0 radical (unpaired) electrons. The zero-order chi connectivity index (χ0) is 15.6. The largest absolute Gasteiger partial charge is 0.416 e. The SMILES string of the molecule is NC(=O)N(c1ccccc1)c1cc(C(F)(F)F)ccc1F. The molecule has 0 saturated heterocycles. The Labute approximate surface area is 117 Å². The van der Waals surface area contributed by atoms with E-state index in [4.69, 9.17) is 5.73 Å². The molecule has 3 nitrogen and oxygen atoms in total. The highest BCUT2D eigenvalue weighted by Crippen LogP contribution is 2.35. The van der Waals surface area contributed by atoms with Crippen LogP contribution in [-0.4, -0.2) is 6.03 Å². The van der Waals surface area contributed by atoms with Gasteiger partial charge in [-0.1, -0.05) is 18.2 Å². The summed E-state index contributed by atoms with van der Waals surface area (Å²) < 4.78 is 52.0. The van der Waals surface area contributed by atoms with Crippen molar-refractivity contribution in [2.75, 3.05) is 4.90 Å². The number of hydrogen-bond donors (Lipinski definition) is 1. The molecule has 2 amide bonds. The van der Waals surface area contributed by atoms with Crippen molar-refractivity contribution in [1.29, 1.82) is 0 Å². The first-order valence-electron chi connectivity index (χ1n) is 5.82. The predicted molar refractivity (Wildman–Crippen MR) is 69.6 cm³/mol. The van der Waals surface area contributed by atoms with Crippen LogP contribution in [0.3, 0.4) is 0 Å². The number of alkyl halides is 3. The maximum atomic E-state index is 13.8. The third kappa shape index (κ3) is 3.13. The van der Waals surface area contributed by atoms with E-state index in [2.05, 4.69) is 0 Å². The molecule has 2 aromatic rings. The summed E-state index contributed by atoms with van der Waals surface area (Å²) in [6.07, 6.45) is -4.65. The number of amides is 2. The highest BCUT2D eigenvalue weighted by Gasteiger charge is 2.32. The molecule has 2 rings (SSSR count). The van der Waals surface area contributed by atoms with Crippen LogP contribution in [0.1, 0.15) is 5.56 Å². The summed E-state index contributed by atoms with van der Waals surface area (Å²) in [7, 11) is 0. The predicted octanol–water partition coefficient (Wildman–Crippen LogP) is 4.06. The Morgan fingerprint density at radius 2 is 1.67 bits per heavy atom. The number of carbonyl (C=O) groups is 1. The van der Waals surface area contributed by atoms with Crippen LogP contribution in [0.2, 0.25) is 0 Å². The van der Waals surface area contributed by atoms with Gasteiger partial charge in [0.05, 0.1) is 16.9 Å². The van der Waals surface area contributed by atoms with Crippen LogP contribution in [0.15, 0.2) is 48.5 Å². The lowest BCUT2D eigenvalue weighted by molar-refractivity contribution is -0.137. The molecule has 0 spiro atoms. The first-order chi connectivity index (χ1) is 9.80. The van der Waals surface area contributed by atoms with E-state index >= 15 is 0 Å². The number of carbonyl (C=O) groups excluding carboxylic acids is 1. The summed E-state index contributed by atoms with van der Waals surface area (Å²) in [6, 6.07) is 8.33. The van der Waals surface area contributed by atoms with Crippen molar-refractivity contribution in [1.82, 2.24) is 0 Å². The average Bonchev–Trinajstić information content (AvgIpc) is 2.40. The zero-order valence-electron chi connectivity index (χ0n) is 10.6. The first kappa shape index (κ1) is 14.8. The topological polar surface area (TPSA) is 46.3 Å². The van der Waals surface area contributed by atoms with Crippen LogP contribution in [0, 0.1) is 5.82 Å². The van der Waals surface area contributed by atoms with E-state index in [1.807, 2.05) is 0 Å². The van der Waals surface area contributed by atoms with Crippen LogP contribution in [0.5, 0.6) is 0 Å². The molecular formula is C14H10F4N2O. The van der Waals surface area contributed by atoms with E-state index in [-0.39, 0.29) is 5.69 Å². The van der Waals surface area contributed by atoms with Crippen LogP contribution in [0.25, 0.3) is 0 Å². The number of nitrogens with zero attached hydrogens (tertiary/aromatic N) is 1. The monoisotopic (exact) mass is 298 g/mol. The van der Waals surface area contributed by atoms with Gasteiger partial charge in [0, 0.05) is 0 Å². The van der Waals surface area contributed by atoms with Crippen LogP contribution in [-0.2, 0) is 6.18 Å². The molecule has 0 aliphatic heterocycles. The maximum absolute atomic E-state index is 13.8. The average molecular weight is 298 g/mol. The van der Waals surface area contributed by atoms with Crippen molar-refractivity contribution in [2.45, 2.75) is 6.18 Å². The smallest absolute Gasteiger partial charge is 0.351 e. The molecular weight excluding hydrogens is 288 g/mol. The van der Waals surface area contributed by atoms with Gasteiger partial charge in [-0.25, -0.2) is 9.18 Å². The number of anilines is 2. The third-order valence-corrected chi connectivity index (χ3v) is 2.75. The molecule has 0 atom stereocenters. The van der Waals surface area contributed by atoms with E-state index in [1.54, 1.807) is 18.2 Å². The molecule has 2 N–H and O–H groups in total. The van der Waals surface area contributed by atoms with Crippen LogP contribution >= 0.6 is 0 Å². The Hall–Kier alpha value is -2.57. The number of urea groups is 1. The number of para-hydroxylation sites is 1. The Bertz CT molecular complexity index is 656. The minimum absolute atomic E-state index is 0.170. The summed E-state index contributed by atoms with van der Waals surface area (Å²) >= 11 is 0. The molecule has 7 heteroatoms. The molecule has 0 aliphatic carbocycles. The Kier molecular flexibility index (Phi) is 3.84. The van der Waals surface area contributed by atoms with Crippen LogP contribution < -0.4 is 10.6 Å². The number of hydrogen-bond acceptors (Lipinski definition) is 1. The minimum Gasteiger partial charge on any atom is -0.351 e. The van der Waals surface area contributed by atoms with Gasteiger partial charge < -0.3 is 5.73 Å². The summed E-state index contributed by atoms with van der Waals surface area (Å²) in [5.74, 6) is -0.981. The molecule has 0 fully saturated rings. The lowest BCUT2D eigenvalue weighted by Crippen LogP contribution is -2.32. The van der Waals surface area contributed by atoms with Gasteiger partial charge in [-0.2, -0.15) is 13.2 Å². The van der Waals surface area contributed by atoms with Crippen molar-refractivity contribution >= 4 is 17.4 Å². The van der Waals surface area contributed by atoms with Gasteiger partial charge in [0.15, 0.2) is 0 Å². The van der Waals surface area contributed by atoms with Crippen molar-refractivity contribution in [3.05, 3.63) is 59.9 Å². The number of benzene rings is 2. The standard InChI is InChI=1S/C14H10F4N2O/c15-11-7-6-9(14(16,17)18)8-12(11)20(13(19)21)10-4-2-1-3-5-10/h1-8H,(H2,19,21). The second-order valence-corrected chi connectivity index (χ2v) is 4.17. The van der Waals surface area contributed by atoms with Gasteiger partial charge >= 0.3 is 12.2 Å². The van der Waals surface area contributed by atoms with Gasteiger partial charge in [0.2, 0.25) is 0 Å². The summed E-state index contributed by atoms with van der Waals surface area (Å²) in [6.45, 7) is 0. The van der Waals surface area contributed by atoms with Crippen molar-refractivity contribution in [3.63, 3.8) is 0 Å².